The average molecular weight is 370 g/mol. The summed E-state index contributed by atoms with van der Waals surface area (Å²) in [5, 5.41) is 4.03. The van der Waals surface area contributed by atoms with Gasteiger partial charge in [0.2, 0.25) is 5.91 Å². The van der Waals surface area contributed by atoms with E-state index in [1.54, 1.807) is 42.5 Å². The fourth-order valence-corrected chi connectivity index (χ4v) is 3.01. The molecule has 1 fully saturated rings. The molecule has 0 spiro atoms. The molecule has 1 atom stereocenters. The molecular weight excluding hydrogens is 359 g/mol. The maximum atomic E-state index is 12.6. The lowest BCUT2D eigenvalue weighted by Crippen LogP contribution is -2.35. The lowest BCUT2D eigenvalue weighted by molar-refractivity contribution is -0.121. The fourth-order valence-electron chi connectivity index (χ4n) is 2.44. The second kappa shape index (κ2) is 6.40. The summed E-state index contributed by atoms with van der Waals surface area (Å²) in [6, 6.07) is 11.1. The molecule has 0 bridgehead atoms. The van der Waals surface area contributed by atoms with Gasteiger partial charge in [0.05, 0.1) is 22.2 Å². The molecule has 1 aliphatic heterocycles. The third-order valence-corrected chi connectivity index (χ3v) is 4.53. The predicted molar refractivity (Wildman–Crippen MR) is 92.4 cm³/mol. The fraction of sp³-hybridized carbons (Fsp3) is 0.125. The van der Waals surface area contributed by atoms with Crippen LogP contribution in [0.15, 0.2) is 42.5 Å². The Kier molecular flexibility index (Phi) is 4.48. The van der Waals surface area contributed by atoms with Gasteiger partial charge in [-0.25, -0.2) is 4.90 Å². The van der Waals surface area contributed by atoms with E-state index in [1.807, 2.05) is 0 Å². The standard InChI is InChI=1S/C16H11Cl3N2O2/c17-9-3-1-4-10(7-9)20-12-8-14(22)21(16(12)23)13-6-2-5-11(18)15(13)19/h1-7,12,20H,8H2/t12-/m1/s1. The molecule has 1 saturated heterocycles. The highest BCUT2D eigenvalue weighted by Crippen LogP contribution is 2.35. The van der Waals surface area contributed by atoms with Crippen LogP contribution in [0.25, 0.3) is 0 Å². The predicted octanol–water partition coefficient (Wildman–Crippen LogP) is 4.39. The lowest BCUT2D eigenvalue weighted by Gasteiger charge is -2.17. The number of nitrogens with zero attached hydrogens (tertiary/aromatic N) is 1. The first-order chi connectivity index (χ1) is 11.0. The van der Waals surface area contributed by atoms with Crippen LogP contribution in [0.5, 0.6) is 0 Å². The number of amides is 2. The van der Waals surface area contributed by atoms with E-state index in [2.05, 4.69) is 5.32 Å². The summed E-state index contributed by atoms with van der Waals surface area (Å²) in [6.07, 6.45) is 0.0359. The molecule has 0 aromatic heterocycles. The molecule has 1 N–H and O–H groups in total. The Bertz CT molecular complexity index is 795. The number of benzene rings is 2. The molecule has 1 aliphatic rings. The van der Waals surface area contributed by atoms with E-state index >= 15 is 0 Å². The molecular formula is C16H11Cl3N2O2. The summed E-state index contributed by atoms with van der Waals surface area (Å²) in [4.78, 5) is 25.9. The number of rotatable bonds is 3. The number of nitrogens with one attached hydrogen (secondary N) is 1. The first-order valence-electron chi connectivity index (χ1n) is 6.80. The third kappa shape index (κ3) is 3.15. The average Bonchev–Trinajstić information content (AvgIpc) is 2.77. The van der Waals surface area contributed by atoms with Crippen LogP contribution in [0.3, 0.4) is 0 Å². The number of imide groups is 1. The normalized spacial score (nSPS) is 17.7. The van der Waals surface area contributed by atoms with Gasteiger partial charge in [-0.05, 0) is 30.3 Å². The molecule has 0 aliphatic carbocycles. The van der Waals surface area contributed by atoms with Crippen molar-refractivity contribution >= 4 is 58.0 Å². The largest absolute Gasteiger partial charge is 0.373 e. The van der Waals surface area contributed by atoms with Gasteiger partial charge in [-0.15, -0.1) is 0 Å². The van der Waals surface area contributed by atoms with Crippen LogP contribution < -0.4 is 10.2 Å². The SMILES string of the molecule is O=C1C[C@@H](Nc2cccc(Cl)c2)C(=O)N1c1cccc(Cl)c1Cl. The molecule has 2 aromatic carbocycles. The van der Waals surface area contributed by atoms with E-state index in [4.69, 9.17) is 34.8 Å². The summed E-state index contributed by atoms with van der Waals surface area (Å²) >= 11 is 18.0. The van der Waals surface area contributed by atoms with Crippen molar-refractivity contribution in [2.24, 2.45) is 0 Å². The molecule has 3 rings (SSSR count). The highest BCUT2D eigenvalue weighted by molar-refractivity contribution is 6.45. The van der Waals surface area contributed by atoms with Crippen molar-refractivity contribution in [1.82, 2.24) is 0 Å². The van der Waals surface area contributed by atoms with Crippen molar-refractivity contribution in [3.05, 3.63) is 57.5 Å². The summed E-state index contributed by atoms with van der Waals surface area (Å²) < 4.78 is 0. The Morgan fingerprint density at radius 3 is 2.52 bits per heavy atom. The van der Waals surface area contributed by atoms with E-state index in [0.717, 1.165) is 4.90 Å². The van der Waals surface area contributed by atoms with Crippen molar-refractivity contribution in [3.63, 3.8) is 0 Å². The molecule has 1 heterocycles. The quantitative estimate of drug-likeness (QED) is 0.816. The zero-order valence-electron chi connectivity index (χ0n) is 11.7. The second-order valence-corrected chi connectivity index (χ2v) is 6.27. The number of carbonyl (C=O) groups excluding carboxylic acids is 2. The van der Waals surface area contributed by atoms with Crippen molar-refractivity contribution in [2.75, 3.05) is 10.2 Å². The minimum absolute atomic E-state index is 0.0359. The molecule has 7 heteroatoms. The first kappa shape index (κ1) is 16.1. The van der Waals surface area contributed by atoms with E-state index in [-0.39, 0.29) is 28.3 Å². The Balaban J connectivity index is 1.87. The van der Waals surface area contributed by atoms with Crippen LogP contribution in [0.4, 0.5) is 11.4 Å². The van der Waals surface area contributed by atoms with Gasteiger partial charge >= 0.3 is 0 Å². The van der Waals surface area contributed by atoms with E-state index in [9.17, 15) is 9.59 Å². The number of carbonyl (C=O) groups is 2. The van der Waals surface area contributed by atoms with Crippen molar-refractivity contribution in [1.29, 1.82) is 0 Å². The molecule has 23 heavy (non-hydrogen) atoms. The third-order valence-electron chi connectivity index (χ3n) is 3.48. The van der Waals surface area contributed by atoms with Gasteiger partial charge in [-0.2, -0.15) is 0 Å². The van der Waals surface area contributed by atoms with E-state index in [1.165, 1.54) is 0 Å². The topological polar surface area (TPSA) is 49.4 Å². The maximum Gasteiger partial charge on any atom is 0.256 e. The van der Waals surface area contributed by atoms with Crippen LogP contribution in [0, 0.1) is 0 Å². The molecule has 4 nitrogen and oxygen atoms in total. The molecule has 118 valence electrons. The molecule has 0 saturated carbocycles. The highest BCUT2D eigenvalue weighted by Gasteiger charge is 2.40. The Morgan fingerprint density at radius 2 is 1.78 bits per heavy atom. The van der Waals surface area contributed by atoms with Gasteiger partial charge in [-0.1, -0.05) is 46.9 Å². The van der Waals surface area contributed by atoms with Crippen molar-refractivity contribution in [2.45, 2.75) is 12.5 Å². The number of anilines is 2. The zero-order valence-corrected chi connectivity index (χ0v) is 14.0. The van der Waals surface area contributed by atoms with Crippen LogP contribution in [0.1, 0.15) is 6.42 Å². The first-order valence-corrected chi connectivity index (χ1v) is 7.93. The van der Waals surface area contributed by atoms with Gasteiger partial charge in [0.15, 0.2) is 0 Å². The van der Waals surface area contributed by atoms with Crippen molar-refractivity contribution < 1.29 is 9.59 Å². The van der Waals surface area contributed by atoms with Crippen LogP contribution in [0.2, 0.25) is 15.1 Å². The number of halogens is 3. The van der Waals surface area contributed by atoms with Gasteiger partial charge in [0.1, 0.15) is 6.04 Å². The van der Waals surface area contributed by atoms with Gasteiger partial charge in [0.25, 0.3) is 5.91 Å². The highest BCUT2D eigenvalue weighted by atomic mass is 35.5. The molecule has 2 amide bonds. The summed E-state index contributed by atoms with van der Waals surface area (Å²) in [6.45, 7) is 0. The maximum absolute atomic E-state index is 12.6. The summed E-state index contributed by atoms with van der Waals surface area (Å²) in [5.41, 5.74) is 0.965. The summed E-state index contributed by atoms with van der Waals surface area (Å²) in [7, 11) is 0. The van der Waals surface area contributed by atoms with E-state index < -0.39 is 6.04 Å². The molecule has 0 radical (unpaired) electrons. The van der Waals surface area contributed by atoms with Gasteiger partial charge in [-0.3, -0.25) is 9.59 Å². The minimum Gasteiger partial charge on any atom is -0.373 e. The van der Waals surface area contributed by atoms with Gasteiger partial charge in [0, 0.05) is 10.7 Å². The number of hydrogen-bond acceptors (Lipinski definition) is 3. The smallest absolute Gasteiger partial charge is 0.256 e. The minimum atomic E-state index is -0.670. The Labute approximate surface area is 147 Å². The molecule has 2 aromatic rings. The van der Waals surface area contributed by atoms with Crippen LogP contribution in [-0.4, -0.2) is 17.9 Å². The van der Waals surface area contributed by atoms with Crippen LogP contribution in [-0.2, 0) is 9.59 Å². The zero-order chi connectivity index (χ0) is 16.6. The van der Waals surface area contributed by atoms with Gasteiger partial charge < -0.3 is 5.32 Å². The Morgan fingerprint density at radius 1 is 1.04 bits per heavy atom. The van der Waals surface area contributed by atoms with Crippen molar-refractivity contribution in [3.8, 4) is 0 Å². The second-order valence-electron chi connectivity index (χ2n) is 5.05. The molecule has 0 unspecified atom stereocenters. The Hall–Kier alpha value is -1.75. The number of hydrogen-bond donors (Lipinski definition) is 1. The lowest BCUT2D eigenvalue weighted by atomic mass is 10.2. The van der Waals surface area contributed by atoms with Crippen LogP contribution >= 0.6 is 34.8 Å². The monoisotopic (exact) mass is 368 g/mol. The van der Waals surface area contributed by atoms with E-state index in [0.29, 0.717) is 16.4 Å². The summed E-state index contributed by atoms with van der Waals surface area (Å²) in [5.74, 6) is -0.710.